The van der Waals surface area contributed by atoms with E-state index in [1.807, 2.05) is 33.7 Å². The third kappa shape index (κ3) is 2.71. The Morgan fingerprint density at radius 3 is 2.64 bits per heavy atom. The second-order valence-electron chi connectivity index (χ2n) is 6.53. The summed E-state index contributed by atoms with van der Waals surface area (Å²) in [7, 11) is 0. The maximum atomic E-state index is 13.0. The molecule has 0 unspecified atom stereocenters. The molecule has 1 saturated carbocycles. The molecule has 2 aromatic rings. The Hall–Kier alpha value is -2.63. The highest BCUT2D eigenvalue weighted by atomic mass is 16.5. The van der Waals surface area contributed by atoms with Gasteiger partial charge in [0, 0.05) is 12.1 Å². The van der Waals surface area contributed by atoms with Crippen molar-refractivity contribution in [1.82, 2.24) is 9.55 Å². The van der Waals surface area contributed by atoms with E-state index in [1.165, 1.54) is 0 Å². The molecule has 1 aromatic carbocycles. The number of nitrogens with zero attached hydrogens (tertiary/aromatic N) is 3. The molecule has 0 atom stereocenters. The van der Waals surface area contributed by atoms with Crippen LogP contribution < -0.4 is 4.90 Å². The van der Waals surface area contributed by atoms with Crippen LogP contribution in [-0.4, -0.2) is 28.0 Å². The van der Waals surface area contributed by atoms with Crippen LogP contribution in [0.5, 0.6) is 0 Å². The zero-order chi connectivity index (χ0) is 17.4. The summed E-state index contributed by atoms with van der Waals surface area (Å²) >= 11 is 0. The molecule has 0 N–H and O–H groups in total. The lowest BCUT2D eigenvalue weighted by Crippen LogP contribution is -2.38. The van der Waals surface area contributed by atoms with Crippen molar-refractivity contribution in [2.45, 2.75) is 39.2 Å². The highest BCUT2D eigenvalue weighted by Gasteiger charge is 2.33. The van der Waals surface area contributed by atoms with Gasteiger partial charge in [-0.1, -0.05) is 25.0 Å². The standard InChI is InChI=1S/C19H21N3O3/c1-2-25-19(24)14-11-21-15-9-5-6-10-16(15)22(12-17(21)20-14)18(23)13-7-3-4-8-13/h5-6,9-11,13H,2-4,7-8,12H2,1H3. The predicted octanol–water partition coefficient (Wildman–Crippen LogP) is 3.09. The summed E-state index contributed by atoms with van der Waals surface area (Å²) in [6, 6.07) is 7.76. The van der Waals surface area contributed by atoms with Crippen LogP contribution in [0.4, 0.5) is 5.69 Å². The lowest BCUT2D eigenvalue weighted by Gasteiger charge is -2.31. The van der Waals surface area contributed by atoms with E-state index in [0.29, 0.717) is 19.0 Å². The van der Waals surface area contributed by atoms with Crippen molar-refractivity contribution in [3.8, 4) is 5.69 Å². The van der Waals surface area contributed by atoms with Gasteiger partial charge >= 0.3 is 5.97 Å². The van der Waals surface area contributed by atoms with E-state index in [0.717, 1.165) is 37.1 Å². The topological polar surface area (TPSA) is 64.4 Å². The van der Waals surface area contributed by atoms with Crippen molar-refractivity contribution in [3.63, 3.8) is 0 Å². The summed E-state index contributed by atoms with van der Waals surface area (Å²) in [5.41, 5.74) is 2.03. The van der Waals surface area contributed by atoms with Crippen LogP contribution in [0.1, 0.15) is 48.9 Å². The van der Waals surface area contributed by atoms with Crippen LogP contribution in [0.3, 0.4) is 0 Å². The molecular formula is C19H21N3O3. The number of benzene rings is 1. The highest BCUT2D eigenvalue weighted by molar-refractivity contribution is 5.98. The lowest BCUT2D eigenvalue weighted by atomic mass is 10.0. The number of hydrogen-bond acceptors (Lipinski definition) is 4. The zero-order valence-corrected chi connectivity index (χ0v) is 14.3. The van der Waals surface area contributed by atoms with E-state index in [1.54, 1.807) is 13.1 Å². The Bertz CT molecular complexity index is 821. The van der Waals surface area contributed by atoms with Crippen molar-refractivity contribution in [2.75, 3.05) is 11.5 Å². The molecule has 1 aliphatic carbocycles. The van der Waals surface area contributed by atoms with E-state index in [9.17, 15) is 9.59 Å². The number of fused-ring (bicyclic) bond motifs is 3. The van der Waals surface area contributed by atoms with Crippen LogP contribution in [0.2, 0.25) is 0 Å². The molecule has 2 heterocycles. The van der Waals surface area contributed by atoms with Crippen molar-refractivity contribution >= 4 is 17.6 Å². The van der Waals surface area contributed by atoms with Crippen molar-refractivity contribution in [2.24, 2.45) is 5.92 Å². The molecule has 0 saturated heterocycles. The van der Waals surface area contributed by atoms with E-state index in [-0.39, 0.29) is 17.5 Å². The fourth-order valence-electron chi connectivity index (χ4n) is 3.75. The Morgan fingerprint density at radius 2 is 1.92 bits per heavy atom. The third-order valence-corrected chi connectivity index (χ3v) is 4.97. The molecule has 1 aromatic heterocycles. The van der Waals surface area contributed by atoms with Gasteiger partial charge in [0.1, 0.15) is 5.82 Å². The van der Waals surface area contributed by atoms with Gasteiger partial charge in [0.15, 0.2) is 5.69 Å². The minimum absolute atomic E-state index is 0.0964. The van der Waals surface area contributed by atoms with Gasteiger partial charge in [0.05, 0.1) is 24.5 Å². The minimum atomic E-state index is -0.435. The molecule has 1 aliphatic heterocycles. The summed E-state index contributed by atoms with van der Waals surface area (Å²) < 4.78 is 6.94. The molecule has 130 valence electrons. The molecule has 0 spiro atoms. The Kier molecular flexibility index (Phi) is 4.03. The normalized spacial score (nSPS) is 16.4. The Balaban J connectivity index is 1.73. The lowest BCUT2D eigenvalue weighted by molar-refractivity contribution is -0.122. The molecule has 1 fully saturated rings. The fourth-order valence-corrected chi connectivity index (χ4v) is 3.75. The molecule has 0 bridgehead atoms. The number of amides is 1. The van der Waals surface area contributed by atoms with Crippen molar-refractivity contribution in [1.29, 1.82) is 0 Å². The van der Waals surface area contributed by atoms with Gasteiger partial charge in [-0.15, -0.1) is 0 Å². The molecule has 1 amide bonds. The fraction of sp³-hybridized carbons (Fsp3) is 0.421. The van der Waals surface area contributed by atoms with Gasteiger partial charge in [-0.3, -0.25) is 9.36 Å². The number of rotatable bonds is 3. The average Bonchev–Trinajstić information content (AvgIpc) is 3.30. The van der Waals surface area contributed by atoms with Gasteiger partial charge < -0.3 is 9.64 Å². The quantitative estimate of drug-likeness (QED) is 0.806. The van der Waals surface area contributed by atoms with Crippen LogP contribution in [-0.2, 0) is 16.1 Å². The molecule has 6 heteroatoms. The van der Waals surface area contributed by atoms with Crippen molar-refractivity contribution in [3.05, 3.63) is 42.0 Å². The first-order valence-corrected chi connectivity index (χ1v) is 8.85. The molecule has 0 radical (unpaired) electrons. The first-order chi connectivity index (χ1) is 12.2. The second kappa shape index (κ2) is 6.35. The number of imidazole rings is 1. The first kappa shape index (κ1) is 15.9. The van der Waals surface area contributed by atoms with Gasteiger partial charge in [-0.2, -0.15) is 0 Å². The molecule has 6 nitrogen and oxygen atoms in total. The largest absolute Gasteiger partial charge is 0.461 e. The predicted molar refractivity (Wildman–Crippen MR) is 92.7 cm³/mol. The maximum Gasteiger partial charge on any atom is 0.358 e. The van der Waals surface area contributed by atoms with Crippen molar-refractivity contribution < 1.29 is 14.3 Å². The number of anilines is 1. The number of esters is 1. The van der Waals surface area contributed by atoms with Crippen LogP contribution in [0, 0.1) is 5.92 Å². The highest BCUT2D eigenvalue weighted by Crippen LogP contribution is 2.35. The maximum absolute atomic E-state index is 13.0. The van der Waals surface area contributed by atoms with Gasteiger partial charge in [0.25, 0.3) is 0 Å². The van der Waals surface area contributed by atoms with E-state index in [2.05, 4.69) is 4.98 Å². The van der Waals surface area contributed by atoms with Gasteiger partial charge in [0.2, 0.25) is 5.91 Å². The van der Waals surface area contributed by atoms with E-state index < -0.39 is 5.97 Å². The number of aromatic nitrogens is 2. The average molecular weight is 339 g/mol. The number of para-hydroxylation sites is 2. The van der Waals surface area contributed by atoms with Crippen LogP contribution >= 0.6 is 0 Å². The SMILES string of the molecule is CCOC(=O)c1cn2c(n1)CN(C(=O)C1CCCC1)c1ccccc1-2. The molecule has 4 rings (SSSR count). The summed E-state index contributed by atoms with van der Waals surface area (Å²) in [5, 5.41) is 0. The molecule has 25 heavy (non-hydrogen) atoms. The summed E-state index contributed by atoms with van der Waals surface area (Å²) in [6.45, 7) is 2.46. The van der Waals surface area contributed by atoms with Crippen LogP contribution in [0.15, 0.2) is 30.5 Å². The third-order valence-electron chi connectivity index (χ3n) is 4.97. The second-order valence-corrected chi connectivity index (χ2v) is 6.53. The first-order valence-electron chi connectivity index (χ1n) is 8.85. The smallest absolute Gasteiger partial charge is 0.358 e. The number of hydrogen-bond donors (Lipinski definition) is 0. The summed E-state index contributed by atoms with van der Waals surface area (Å²) in [4.78, 5) is 31.3. The monoisotopic (exact) mass is 339 g/mol. The number of carbonyl (C=O) groups is 2. The number of carbonyl (C=O) groups excluding carboxylic acids is 2. The summed E-state index contributed by atoms with van der Waals surface area (Å²) in [6.07, 6.45) is 5.85. The van der Waals surface area contributed by atoms with Gasteiger partial charge in [-0.05, 0) is 31.9 Å². The summed E-state index contributed by atoms with van der Waals surface area (Å²) in [5.74, 6) is 0.514. The van der Waals surface area contributed by atoms with E-state index in [4.69, 9.17) is 4.74 Å². The Labute approximate surface area is 146 Å². The number of ether oxygens (including phenoxy) is 1. The van der Waals surface area contributed by atoms with E-state index >= 15 is 0 Å². The molecular weight excluding hydrogens is 318 g/mol. The Morgan fingerprint density at radius 1 is 1.20 bits per heavy atom. The zero-order valence-electron chi connectivity index (χ0n) is 14.3. The molecule has 2 aliphatic rings. The minimum Gasteiger partial charge on any atom is -0.461 e. The van der Waals surface area contributed by atoms with Gasteiger partial charge in [-0.25, -0.2) is 9.78 Å². The van der Waals surface area contributed by atoms with Crippen LogP contribution in [0.25, 0.3) is 5.69 Å².